The molecule has 19 heavy (non-hydrogen) atoms. The van der Waals surface area contributed by atoms with Gasteiger partial charge in [-0.15, -0.1) is 0 Å². The summed E-state index contributed by atoms with van der Waals surface area (Å²) in [6, 6.07) is 2.87. The largest absolute Gasteiger partial charge is 0.395 e. The van der Waals surface area contributed by atoms with E-state index in [2.05, 4.69) is 25.8 Å². The third kappa shape index (κ3) is 2.15. The fourth-order valence-electron chi connectivity index (χ4n) is 3.19. The number of nitriles is 1. The third-order valence-electron chi connectivity index (χ3n) is 4.13. The van der Waals surface area contributed by atoms with Crippen molar-refractivity contribution in [2.24, 2.45) is 0 Å². The zero-order valence-electron chi connectivity index (χ0n) is 10.7. The Morgan fingerprint density at radius 1 is 1.32 bits per heavy atom. The number of hydrogen-bond donors (Lipinski definition) is 1. The standard InChI is InChI=1S/C13H17N5O/c14-7-12-13(16-4-3-15-12)17-5-6-18-10(8-17)1-2-11(18)9-19/h3-4,10-11,19H,1-2,5-6,8-9H2/t10-,11+/m0/s1. The second kappa shape index (κ2) is 5.11. The zero-order valence-corrected chi connectivity index (χ0v) is 10.7. The number of aromatic nitrogens is 2. The van der Waals surface area contributed by atoms with Crippen molar-refractivity contribution in [1.82, 2.24) is 14.9 Å². The molecule has 6 nitrogen and oxygen atoms in total. The summed E-state index contributed by atoms with van der Waals surface area (Å²) in [7, 11) is 0. The van der Waals surface area contributed by atoms with Crippen LogP contribution >= 0.6 is 0 Å². The van der Waals surface area contributed by atoms with E-state index < -0.39 is 0 Å². The molecule has 6 heteroatoms. The lowest BCUT2D eigenvalue weighted by Gasteiger charge is -2.40. The summed E-state index contributed by atoms with van der Waals surface area (Å²) in [5, 5.41) is 18.4. The van der Waals surface area contributed by atoms with Gasteiger partial charge in [-0.05, 0) is 12.8 Å². The molecule has 0 spiro atoms. The predicted octanol–water partition coefficient (Wildman–Crippen LogP) is -0.00642. The first-order valence-electron chi connectivity index (χ1n) is 6.66. The minimum absolute atomic E-state index is 0.241. The molecular weight excluding hydrogens is 242 g/mol. The first-order valence-corrected chi connectivity index (χ1v) is 6.66. The van der Waals surface area contributed by atoms with Crippen LogP contribution in [0.2, 0.25) is 0 Å². The van der Waals surface area contributed by atoms with Crippen LogP contribution in [-0.2, 0) is 0 Å². The Bertz CT molecular complexity index is 500. The molecule has 0 bridgehead atoms. The molecule has 1 aromatic heterocycles. The minimum Gasteiger partial charge on any atom is -0.395 e. The summed E-state index contributed by atoms with van der Waals surface area (Å²) in [5.41, 5.74) is 0.396. The van der Waals surface area contributed by atoms with Gasteiger partial charge in [-0.1, -0.05) is 0 Å². The van der Waals surface area contributed by atoms with Gasteiger partial charge < -0.3 is 10.0 Å². The van der Waals surface area contributed by atoms with E-state index in [9.17, 15) is 5.11 Å². The quantitative estimate of drug-likeness (QED) is 0.805. The summed E-state index contributed by atoms with van der Waals surface area (Å²) in [6.07, 6.45) is 5.34. The lowest BCUT2D eigenvalue weighted by Crippen LogP contribution is -2.53. The molecule has 1 N–H and O–H groups in total. The topological polar surface area (TPSA) is 76.3 Å². The molecule has 2 aliphatic rings. The van der Waals surface area contributed by atoms with E-state index in [-0.39, 0.29) is 6.61 Å². The Kier molecular flexibility index (Phi) is 3.32. The van der Waals surface area contributed by atoms with E-state index in [4.69, 9.17) is 5.26 Å². The Morgan fingerprint density at radius 3 is 2.95 bits per heavy atom. The molecule has 2 fully saturated rings. The Hall–Kier alpha value is -1.71. The van der Waals surface area contributed by atoms with E-state index in [1.165, 1.54) is 0 Å². The lowest BCUT2D eigenvalue weighted by molar-refractivity contribution is 0.120. The molecule has 2 atom stereocenters. The fourth-order valence-corrected chi connectivity index (χ4v) is 3.19. The van der Waals surface area contributed by atoms with Crippen molar-refractivity contribution in [3.63, 3.8) is 0 Å². The number of aliphatic hydroxyl groups is 1. The number of anilines is 1. The molecule has 3 heterocycles. The highest BCUT2D eigenvalue weighted by molar-refractivity contribution is 5.50. The first kappa shape index (κ1) is 12.3. The number of rotatable bonds is 2. The third-order valence-corrected chi connectivity index (χ3v) is 4.13. The maximum absolute atomic E-state index is 9.35. The highest BCUT2D eigenvalue weighted by Gasteiger charge is 2.37. The Labute approximate surface area is 112 Å². The van der Waals surface area contributed by atoms with Crippen LogP contribution in [0.4, 0.5) is 5.82 Å². The predicted molar refractivity (Wildman–Crippen MR) is 69.6 cm³/mol. The molecule has 2 aliphatic heterocycles. The Morgan fingerprint density at radius 2 is 2.16 bits per heavy atom. The molecule has 0 unspecified atom stereocenters. The normalized spacial score (nSPS) is 27.1. The number of nitrogens with zero attached hydrogens (tertiary/aromatic N) is 5. The van der Waals surface area contributed by atoms with Crippen LogP contribution in [0, 0.1) is 11.3 Å². The summed E-state index contributed by atoms with van der Waals surface area (Å²) in [6.45, 7) is 2.85. The second-order valence-corrected chi connectivity index (χ2v) is 5.09. The van der Waals surface area contributed by atoms with Gasteiger partial charge in [-0.2, -0.15) is 5.26 Å². The van der Waals surface area contributed by atoms with Crippen LogP contribution in [0.25, 0.3) is 0 Å². The SMILES string of the molecule is N#Cc1nccnc1N1CCN2[C@@H](CO)CC[C@H]2C1. The van der Waals surface area contributed by atoms with Gasteiger partial charge in [0.05, 0.1) is 6.61 Å². The molecule has 0 amide bonds. The second-order valence-electron chi connectivity index (χ2n) is 5.09. The van der Waals surface area contributed by atoms with Gasteiger partial charge in [0, 0.05) is 44.1 Å². The van der Waals surface area contributed by atoms with Gasteiger partial charge in [-0.3, -0.25) is 4.90 Å². The van der Waals surface area contributed by atoms with Crippen LogP contribution in [-0.4, -0.2) is 58.3 Å². The molecule has 0 radical (unpaired) electrons. The van der Waals surface area contributed by atoms with Crippen LogP contribution in [0.15, 0.2) is 12.4 Å². The van der Waals surface area contributed by atoms with Gasteiger partial charge in [0.15, 0.2) is 11.5 Å². The molecule has 100 valence electrons. The molecule has 0 aliphatic carbocycles. The van der Waals surface area contributed by atoms with Crippen molar-refractivity contribution in [1.29, 1.82) is 5.26 Å². The molecular formula is C13H17N5O. The van der Waals surface area contributed by atoms with Crippen molar-refractivity contribution in [3.05, 3.63) is 18.1 Å². The van der Waals surface area contributed by atoms with Crippen molar-refractivity contribution < 1.29 is 5.11 Å². The number of fused-ring (bicyclic) bond motifs is 1. The maximum Gasteiger partial charge on any atom is 0.183 e. The van der Waals surface area contributed by atoms with Gasteiger partial charge in [0.25, 0.3) is 0 Å². The average molecular weight is 259 g/mol. The van der Waals surface area contributed by atoms with Gasteiger partial charge in [0.1, 0.15) is 6.07 Å². The number of aliphatic hydroxyl groups excluding tert-OH is 1. The number of piperazine rings is 1. The highest BCUT2D eigenvalue weighted by Crippen LogP contribution is 2.29. The van der Waals surface area contributed by atoms with Gasteiger partial charge >= 0.3 is 0 Å². The van der Waals surface area contributed by atoms with E-state index in [1.807, 2.05) is 0 Å². The zero-order chi connectivity index (χ0) is 13.2. The van der Waals surface area contributed by atoms with E-state index >= 15 is 0 Å². The summed E-state index contributed by atoms with van der Waals surface area (Å²) in [5.74, 6) is 0.692. The summed E-state index contributed by atoms with van der Waals surface area (Å²) in [4.78, 5) is 12.9. The molecule has 3 rings (SSSR count). The Balaban J connectivity index is 1.78. The lowest BCUT2D eigenvalue weighted by atomic mass is 10.1. The number of hydrogen-bond acceptors (Lipinski definition) is 6. The van der Waals surface area contributed by atoms with Crippen molar-refractivity contribution in [2.45, 2.75) is 24.9 Å². The van der Waals surface area contributed by atoms with E-state index in [1.54, 1.807) is 12.4 Å². The van der Waals surface area contributed by atoms with E-state index in [0.717, 1.165) is 32.5 Å². The molecule has 2 saturated heterocycles. The molecule has 1 aromatic rings. The van der Waals surface area contributed by atoms with E-state index in [0.29, 0.717) is 23.6 Å². The molecule has 0 saturated carbocycles. The van der Waals surface area contributed by atoms with Crippen LogP contribution in [0.3, 0.4) is 0 Å². The van der Waals surface area contributed by atoms with Crippen molar-refractivity contribution in [2.75, 3.05) is 31.1 Å². The highest BCUT2D eigenvalue weighted by atomic mass is 16.3. The maximum atomic E-state index is 9.35. The van der Waals surface area contributed by atoms with Crippen molar-refractivity contribution in [3.8, 4) is 6.07 Å². The van der Waals surface area contributed by atoms with Crippen molar-refractivity contribution >= 4 is 5.82 Å². The van der Waals surface area contributed by atoms with Crippen LogP contribution in [0.1, 0.15) is 18.5 Å². The van der Waals surface area contributed by atoms with Crippen LogP contribution < -0.4 is 4.90 Å². The summed E-state index contributed by atoms with van der Waals surface area (Å²) < 4.78 is 0. The van der Waals surface area contributed by atoms with Gasteiger partial charge in [0.2, 0.25) is 0 Å². The first-order chi connectivity index (χ1) is 9.33. The monoisotopic (exact) mass is 259 g/mol. The van der Waals surface area contributed by atoms with Crippen LogP contribution in [0.5, 0.6) is 0 Å². The molecule has 0 aromatic carbocycles. The average Bonchev–Trinajstić information content (AvgIpc) is 2.89. The van der Waals surface area contributed by atoms with Gasteiger partial charge in [-0.25, -0.2) is 9.97 Å². The minimum atomic E-state index is 0.241. The fraction of sp³-hybridized carbons (Fsp3) is 0.615. The summed E-state index contributed by atoms with van der Waals surface area (Å²) >= 11 is 0. The smallest absolute Gasteiger partial charge is 0.183 e.